The smallest absolute Gasteiger partial charge is 0.308 e. The van der Waals surface area contributed by atoms with Gasteiger partial charge in [0.2, 0.25) is 5.91 Å². The molecule has 1 fully saturated rings. The van der Waals surface area contributed by atoms with Gasteiger partial charge >= 0.3 is 5.97 Å². The number of amides is 2. The zero-order valence-electron chi connectivity index (χ0n) is 15.6. The van der Waals surface area contributed by atoms with E-state index >= 15 is 0 Å². The number of ether oxygens (including phenoxy) is 1. The molecule has 1 aliphatic heterocycles. The van der Waals surface area contributed by atoms with Crippen LogP contribution in [0.5, 0.6) is 0 Å². The van der Waals surface area contributed by atoms with E-state index in [4.69, 9.17) is 4.74 Å². The van der Waals surface area contributed by atoms with Crippen LogP contribution in [0.1, 0.15) is 45.4 Å². The van der Waals surface area contributed by atoms with E-state index in [1.807, 2.05) is 24.3 Å². The van der Waals surface area contributed by atoms with Crippen LogP contribution in [-0.4, -0.2) is 42.2 Å². The Bertz CT molecular complexity index is 703. The number of para-hydroxylation sites is 1. The summed E-state index contributed by atoms with van der Waals surface area (Å²) >= 11 is 1.51. The third-order valence-corrected chi connectivity index (χ3v) is 6.02. The highest BCUT2D eigenvalue weighted by Gasteiger charge is 2.26. The second-order valence-electron chi connectivity index (χ2n) is 7.03. The average molecular weight is 391 g/mol. The minimum absolute atomic E-state index is 0.0189. The molecule has 1 aromatic rings. The first kappa shape index (κ1) is 19.7. The number of carbonyl (C=O) groups is 3. The lowest BCUT2D eigenvalue weighted by Gasteiger charge is -2.28. The van der Waals surface area contributed by atoms with E-state index < -0.39 is 12.1 Å². The maximum atomic E-state index is 12.2. The van der Waals surface area contributed by atoms with Crippen LogP contribution >= 0.6 is 11.8 Å². The number of esters is 1. The molecule has 1 aromatic carbocycles. The topological polar surface area (TPSA) is 75.7 Å². The van der Waals surface area contributed by atoms with Gasteiger partial charge < -0.3 is 15.0 Å². The molecular formula is C20H26N2O4S. The lowest BCUT2D eigenvalue weighted by molar-refractivity contribution is -0.155. The molecule has 0 unspecified atom stereocenters. The molecule has 3 rings (SSSR count). The molecule has 6 nitrogen and oxygen atoms in total. The molecule has 7 heteroatoms. The SMILES string of the molecule is C[C@@H](OC(=O)CCN1C(=O)CSc2ccccc21)C(=O)NC1CCCCC1. The highest BCUT2D eigenvalue weighted by atomic mass is 32.2. The van der Waals surface area contributed by atoms with Crippen molar-refractivity contribution < 1.29 is 19.1 Å². The van der Waals surface area contributed by atoms with Crippen LogP contribution in [0.25, 0.3) is 0 Å². The molecule has 0 saturated heterocycles. The molecule has 0 spiro atoms. The van der Waals surface area contributed by atoms with Gasteiger partial charge in [0.05, 0.1) is 17.9 Å². The summed E-state index contributed by atoms with van der Waals surface area (Å²) in [6.07, 6.45) is 4.69. The van der Waals surface area contributed by atoms with Crippen molar-refractivity contribution in [3.8, 4) is 0 Å². The number of fused-ring (bicyclic) bond motifs is 1. The minimum Gasteiger partial charge on any atom is -0.452 e. The van der Waals surface area contributed by atoms with Crippen LogP contribution in [0.4, 0.5) is 5.69 Å². The van der Waals surface area contributed by atoms with Gasteiger partial charge in [0.15, 0.2) is 6.10 Å². The van der Waals surface area contributed by atoms with Gasteiger partial charge in [-0.3, -0.25) is 14.4 Å². The fourth-order valence-electron chi connectivity index (χ4n) is 3.48. The Morgan fingerprint density at radius 3 is 2.78 bits per heavy atom. The van der Waals surface area contributed by atoms with Crippen molar-refractivity contribution in [2.24, 2.45) is 0 Å². The predicted molar refractivity (Wildman–Crippen MR) is 105 cm³/mol. The second-order valence-corrected chi connectivity index (χ2v) is 8.04. The number of hydrogen-bond donors (Lipinski definition) is 1. The minimum atomic E-state index is -0.820. The summed E-state index contributed by atoms with van der Waals surface area (Å²) in [7, 11) is 0. The van der Waals surface area contributed by atoms with Crippen molar-refractivity contribution >= 4 is 35.2 Å². The zero-order chi connectivity index (χ0) is 19.2. The van der Waals surface area contributed by atoms with Crippen LogP contribution in [0.2, 0.25) is 0 Å². The quantitative estimate of drug-likeness (QED) is 0.756. The predicted octanol–water partition coefficient (Wildman–Crippen LogP) is 2.90. The molecule has 1 atom stereocenters. The normalized spacial score (nSPS) is 18.6. The number of nitrogens with zero attached hydrogens (tertiary/aromatic N) is 1. The summed E-state index contributed by atoms with van der Waals surface area (Å²) < 4.78 is 5.27. The van der Waals surface area contributed by atoms with Crippen molar-refractivity contribution in [1.82, 2.24) is 5.32 Å². The largest absolute Gasteiger partial charge is 0.452 e. The third-order valence-electron chi connectivity index (χ3n) is 4.98. The molecule has 2 aliphatic rings. The van der Waals surface area contributed by atoms with E-state index in [2.05, 4.69) is 5.32 Å². The molecule has 1 heterocycles. The van der Waals surface area contributed by atoms with Crippen molar-refractivity contribution in [2.45, 2.75) is 62.5 Å². The van der Waals surface area contributed by atoms with Crippen molar-refractivity contribution in [1.29, 1.82) is 0 Å². The van der Waals surface area contributed by atoms with Gasteiger partial charge in [-0.15, -0.1) is 11.8 Å². The fraction of sp³-hybridized carbons (Fsp3) is 0.550. The number of anilines is 1. The van der Waals surface area contributed by atoms with Crippen LogP contribution in [0.3, 0.4) is 0 Å². The third kappa shape index (κ3) is 5.25. The maximum Gasteiger partial charge on any atom is 0.308 e. The zero-order valence-corrected chi connectivity index (χ0v) is 16.4. The lowest BCUT2D eigenvalue weighted by Crippen LogP contribution is -2.43. The summed E-state index contributed by atoms with van der Waals surface area (Å²) in [4.78, 5) is 39.2. The molecule has 1 N–H and O–H groups in total. The summed E-state index contributed by atoms with van der Waals surface area (Å²) in [6, 6.07) is 7.84. The number of carbonyl (C=O) groups excluding carboxylic acids is 3. The summed E-state index contributed by atoms with van der Waals surface area (Å²) in [5.41, 5.74) is 0.828. The van der Waals surface area contributed by atoms with Crippen molar-refractivity contribution in [2.75, 3.05) is 17.2 Å². The van der Waals surface area contributed by atoms with E-state index in [-0.39, 0.29) is 30.8 Å². The van der Waals surface area contributed by atoms with Crippen molar-refractivity contribution in [3.05, 3.63) is 24.3 Å². The Balaban J connectivity index is 1.48. The Kier molecular flexibility index (Phi) is 6.77. The maximum absolute atomic E-state index is 12.2. The summed E-state index contributed by atoms with van der Waals surface area (Å²) in [5.74, 6) is -0.364. The number of thioether (sulfide) groups is 1. The standard InChI is InChI=1S/C20H26N2O4S/c1-14(20(25)21-15-7-3-2-4-8-15)26-19(24)11-12-22-16-9-5-6-10-17(16)27-13-18(22)23/h5-6,9-10,14-15H,2-4,7-8,11-13H2,1H3,(H,21,25)/t14-/m1/s1. The first-order valence-corrected chi connectivity index (χ1v) is 10.5. The van der Waals surface area contributed by atoms with E-state index in [9.17, 15) is 14.4 Å². The molecule has 146 valence electrons. The van der Waals surface area contributed by atoms with Crippen LogP contribution in [0, 0.1) is 0 Å². The number of rotatable bonds is 6. The molecule has 0 bridgehead atoms. The summed E-state index contributed by atoms with van der Waals surface area (Å²) in [5, 5.41) is 2.97. The van der Waals surface area contributed by atoms with Crippen LogP contribution in [0.15, 0.2) is 29.2 Å². The molecule has 1 saturated carbocycles. The van der Waals surface area contributed by atoms with Gasteiger partial charge in [0.1, 0.15) is 0 Å². The second kappa shape index (κ2) is 9.26. The molecular weight excluding hydrogens is 364 g/mol. The van der Waals surface area contributed by atoms with E-state index in [1.54, 1.807) is 11.8 Å². The monoisotopic (exact) mass is 390 g/mol. The first-order valence-electron chi connectivity index (χ1n) is 9.56. The first-order chi connectivity index (χ1) is 13.0. The van der Waals surface area contributed by atoms with E-state index in [0.717, 1.165) is 36.3 Å². The Labute approximate surface area is 164 Å². The molecule has 2 amide bonds. The number of benzene rings is 1. The lowest BCUT2D eigenvalue weighted by atomic mass is 9.95. The van der Waals surface area contributed by atoms with Gasteiger partial charge in [-0.2, -0.15) is 0 Å². The Morgan fingerprint density at radius 2 is 2.00 bits per heavy atom. The van der Waals surface area contributed by atoms with Gasteiger partial charge in [0.25, 0.3) is 5.91 Å². The van der Waals surface area contributed by atoms with E-state index in [1.165, 1.54) is 18.2 Å². The van der Waals surface area contributed by atoms with Crippen molar-refractivity contribution in [3.63, 3.8) is 0 Å². The van der Waals surface area contributed by atoms with Gasteiger partial charge in [-0.05, 0) is 31.9 Å². The van der Waals surface area contributed by atoms with Gasteiger partial charge in [0, 0.05) is 17.5 Å². The average Bonchev–Trinajstić information content (AvgIpc) is 2.68. The van der Waals surface area contributed by atoms with Gasteiger partial charge in [-0.25, -0.2) is 0 Å². The Morgan fingerprint density at radius 1 is 1.26 bits per heavy atom. The molecule has 1 aliphatic carbocycles. The number of nitrogens with one attached hydrogen (secondary N) is 1. The molecule has 0 radical (unpaired) electrons. The van der Waals surface area contributed by atoms with E-state index in [0.29, 0.717) is 5.75 Å². The fourth-order valence-corrected chi connectivity index (χ4v) is 4.41. The Hall–Kier alpha value is -2.02. The number of hydrogen-bond acceptors (Lipinski definition) is 5. The van der Waals surface area contributed by atoms with Crippen LogP contribution < -0.4 is 10.2 Å². The molecule has 27 heavy (non-hydrogen) atoms. The highest BCUT2D eigenvalue weighted by Crippen LogP contribution is 2.34. The van der Waals surface area contributed by atoms with Gasteiger partial charge in [-0.1, -0.05) is 31.4 Å². The highest BCUT2D eigenvalue weighted by molar-refractivity contribution is 8.00. The summed E-state index contributed by atoms with van der Waals surface area (Å²) in [6.45, 7) is 1.85. The van der Waals surface area contributed by atoms with Crippen LogP contribution in [-0.2, 0) is 19.1 Å². The molecule has 0 aromatic heterocycles.